The van der Waals surface area contributed by atoms with Crippen molar-refractivity contribution >= 4 is 0 Å². The van der Waals surface area contributed by atoms with E-state index in [-0.39, 0.29) is 0 Å². The van der Waals surface area contributed by atoms with Crippen molar-refractivity contribution in [2.24, 2.45) is 5.92 Å². The van der Waals surface area contributed by atoms with Gasteiger partial charge in [0, 0.05) is 19.3 Å². The SMILES string of the molecule is CC(C)Cn1nccc1CNCCc1ccccc1. The van der Waals surface area contributed by atoms with Gasteiger partial charge in [0.2, 0.25) is 0 Å². The van der Waals surface area contributed by atoms with E-state index in [4.69, 9.17) is 0 Å². The summed E-state index contributed by atoms with van der Waals surface area (Å²) in [6.45, 7) is 7.31. The molecule has 3 heteroatoms. The monoisotopic (exact) mass is 257 g/mol. The summed E-state index contributed by atoms with van der Waals surface area (Å²) in [5.41, 5.74) is 2.65. The Hall–Kier alpha value is -1.61. The second-order valence-electron chi connectivity index (χ2n) is 5.31. The van der Waals surface area contributed by atoms with Crippen molar-refractivity contribution in [1.82, 2.24) is 15.1 Å². The van der Waals surface area contributed by atoms with Crippen molar-refractivity contribution in [2.45, 2.75) is 33.4 Å². The average molecular weight is 257 g/mol. The Balaban J connectivity index is 1.75. The van der Waals surface area contributed by atoms with Crippen molar-refractivity contribution in [3.8, 4) is 0 Å². The van der Waals surface area contributed by atoms with Gasteiger partial charge in [0.05, 0.1) is 5.69 Å². The Kier molecular flexibility index (Phi) is 5.16. The van der Waals surface area contributed by atoms with Crippen LogP contribution in [0.3, 0.4) is 0 Å². The van der Waals surface area contributed by atoms with E-state index in [1.165, 1.54) is 11.3 Å². The fourth-order valence-corrected chi connectivity index (χ4v) is 2.11. The normalized spacial score (nSPS) is 11.1. The van der Waals surface area contributed by atoms with Crippen LogP contribution in [-0.4, -0.2) is 16.3 Å². The maximum atomic E-state index is 4.37. The Morgan fingerprint density at radius 1 is 1.16 bits per heavy atom. The first-order chi connectivity index (χ1) is 9.25. The van der Waals surface area contributed by atoms with E-state index in [2.05, 4.69) is 65.3 Å². The highest BCUT2D eigenvalue weighted by molar-refractivity contribution is 5.14. The molecule has 0 radical (unpaired) electrons. The molecule has 0 amide bonds. The minimum atomic E-state index is 0.628. The standard InChI is InChI=1S/C16H23N3/c1-14(2)13-19-16(9-11-18-19)12-17-10-8-15-6-4-3-5-7-15/h3-7,9,11,14,17H,8,10,12-13H2,1-2H3. The summed E-state index contributed by atoms with van der Waals surface area (Å²) in [6.07, 6.45) is 2.95. The highest BCUT2D eigenvalue weighted by Crippen LogP contribution is 2.04. The lowest BCUT2D eigenvalue weighted by Gasteiger charge is -2.10. The third kappa shape index (κ3) is 4.52. The Labute approximate surface area is 115 Å². The number of rotatable bonds is 7. The van der Waals surface area contributed by atoms with E-state index in [9.17, 15) is 0 Å². The fraction of sp³-hybridized carbons (Fsp3) is 0.438. The molecule has 0 aliphatic carbocycles. The van der Waals surface area contributed by atoms with E-state index < -0.39 is 0 Å². The molecule has 0 saturated carbocycles. The van der Waals surface area contributed by atoms with Crippen LogP contribution >= 0.6 is 0 Å². The molecule has 0 fully saturated rings. The number of nitrogens with zero attached hydrogens (tertiary/aromatic N) is 2. The second-order valence-corrected chi connectivity index (χ2v) is 5.31. The molecule has 0 unspecified atom stereocenters. The van der Waals surface area contributed by atoms with E-state index in [0.29, 0.717) is 5.92 Å². The maximum Gasteiger partial charge on any atom is 0.0522 e. The van der Waals surface area contributed by atoms with Crippen LogP contribution in [0.2, 0.25) is 0 Å². The third-order valence-electron chi connectivity index (χ3n) is 3.08. The highest BCUT2D eigenvalue weighted by atomic mass is 15.3. The first-order valence-electron chi connectivity index (χ1n) is 7.01. The fourth-order valence-electron chi connectivity index (χ4n) is 2.11. The van der Waals surface area contributed by atoms with Gasteiger partial charge in [-0.25, -0.2) is 0 Å². The summed E-state index contributed by atoms with van der Waals surface area (Å²) in [6, 6.07) is 12.7. The molecule has 2 aromatic rings. The Morgan fingerprint density at radius 2 is 1.95 bits per heavy atom. The molecule has 0 saturated heterocycles. The zero-order valence-electron chi connectivity index (χ0n) is 11.8. The lowest BCUT2D eigenvalue weighted by atomic mass is 10.1. The Morgan fingerprint density at radius 3 is 2.68 bits per heavy atom. The molecule has 0 bridgehead atoms. The molecule has 0 aliphatic rings. The summed E-state index contributed by atoms with van der Waals surface area (Å²) < 4.78 is 2.10. The summed E-state index contributed by atoms with van der Waals surface area (Å²) in [4.78, 5) is 0. The van der Waals surface area contributed by atoms with Crippen LogP contribution in [0.15, 0.2) is 42.6 Å². The van der Waals surface area contributed by atoms with Crippen LogP contribution in [0.1, 0.15) is 25.1 Å². The quantitative estimate of drug-likeness (QED) is 0.773. The van der Waals surface area contributed by atoms with Crippen LogP contribution in [0, 0.1) is 5.92 Å². The molecule has 1 N–H and O–H groups in total. The zero-order chi connectivity index (χ0) is 13.5. The lowest BCUT2D eigenvalue weighted by Crippen LogP contribution is -2.20. The van der Waals surface area contributed by atoms with Gasteiger partial charge in [-0.2, -0.15) is 5.10 Å². The number of aromatic nitrogens is 2. The molecule has 1 aromatic heterocycles. The van der Waals surface area contributed by atoms with E-state index >= 15 is 0 Å². The predicted octanol–water partition coefficient (Wildman–Crippen LogP) is 2.87. The van der Waals surface area contributed by atoms with E-state index in [1.54, 1.807) is 0 Å². The van der Waals surface area contributed by atoms with Gasteiger partial charge in [0.1, 0.15) is 0 Å². The molecule has 0 aliphatic heterocycles. The van der Waals surface area contributed by atoms with Crippen molar-refractivity contribution in [2.75, 3.05) is 6.54 Å². The van der Waals surface area contributed by atoms with Gasteiger partial charge in [0.15, 0.2) is 0 Å². The number of nitrogens with one attached hydrogen (secondary N) is 1. The van der Waals surface area contributed by atoms with Gasteiger partial charge in [-0.05, 0) is 30.5 Å². The van der Waals surface area contributed by atoms with Crippen molar-refractivity contribution in [3.63, 3.8) is 0 Å². The van der Waals surface area contributed by atoms with Crippen molar-refractivity contribution < 1.29 is 0 Å². The average Bonchev–Trinajstić information content (AvgIpc) is 2.82. The molecule has 102 valence electrons. The minimum absolute atomic E-state index is 0.628. The summed E-state index contributed by atoms with van der Waals surface area (Å²) in [5, 5.41) is 7.86. The molecule has 19 heavy (non-hydrogen) atoms. The Bertz CT molecular complexity index is 474. The topological polar surface area (TPSA) is 29.9 Å². The molecular weight excluding hydrogens is 234 g/mol. The smallest absolute Gasteiger partial charge is 0.0522 e. The van der Waals surface area contributed by atoms with Crippen molar-refractivity contribution in [1.29, 1.82) is 0 Å². The first kappa shape index (κ1) is 13.8. The van der Waals surface area contributed by atoms with Gasteiger partial charge in [0.25, 0.3) is 0 Å². The van der Waals surface area contributed by atoms with Gasteiger partial charge in [-0.15, -0.1) is 0 Å². The molecule has 1 aromatic carbocycles. The molecule has 1 heterocycles. The minimum Gasteiger partial charge on any atom is -0.311 e. The van der Waals surface area contributed by atoms with Crippen LogP contribution in [0.4, 0.5) is 0 Å². The summed E-state index contributed by atoms with van der Waals surface area (Å²) in [5.74, 6) is 0.628. The van der Waals surface area contributed by atoms with Crippen LogP contribution in [0.5, 0.6) is 0 Å². The molecule has 0 spiro atoms. The molecule has 3 nitrogen and oxygen atoms in total. The van der Waals surface area contributed by atoms with Gasteiger partial charge in [-0.1, -0.05) is 44.2 Å². The molecule has 0 atom stereocenters. The zero-order valence-corrected chi connectivity index (χ0v) is 11.8. The lowest BCUT2D eigenvalue weighted by molar-refractivity contribution is 0.461. The summed E-state index contributed by atoms with van der Waals surface area (Å²) in [7, 11) is 0. The molecule has 2 rings (SSSR count). The van der Waals surface area contributed by atoms with E-state index in [0.717, 1.165) is 26.1 Å². The van der Waals surface area contributed by atoms with Crippen molar-refractivity contribution in [3.05, 3.63) is 53.9 Å². The highest BCUT2D eigenvalue weighted by Gasteiger charge is 2.03. The number of hydrogen-bond acceptors (Lipinski definition) is 2. The van der Waals surface area contributed by atoms with Crippen LogP contribution < -0.4 is 5.32 Å². The van der Waals surface area contributed by atoms with E-state index in [1.807, 2.05) is 6.20 Å². The number of hydrogen-bond donors (Lipinski definition) is 1. The van der Waals surface area contributed by atoms with Crippen LogP contribution in [0.25, 0.3) is 0 Å². The van der Waals surface area contributed by atoms with Gasteiger partial charge in [-0.3, -0.25) is 4.68 Å². The van der Waals surface area contributed by atoms with Gasteiger partial charge >= 0.3 is 0 Å². The largest absolute Gasteiger partial charge is 0.311 e. The predicted molar refractivity (Wildman–Crippen MR) is 78.9 cm³/mol. The maximum absolute atomic E-state index is 4.37. The molecular formula is C16H23N3. The van der Waals surface area contributed by atoms with Crippen LogP contribution in [-0.2, 0) is 19.5 Å². The third-order valence-corrected chi connectivity index (χ3v) is 3.08. The second kappa shape index (κ2) is 7.10. The number of benzene rings is 1. The van der Waals surface area contributed by atoms with Gasteiger partial charge < -0.3 is 5.32 Å². The summed E-state index contributed by atoms with van der Waals surface area (Å²) >= 11 is 0. The first-order valence-corrected chi connectivity index (χ1v) is 7.01.